The van der Waals surface area contributed by atoms with Gasteiger partial charge in [-0.1, -0.05) is 29.4 Å². The van der Waals surface area contributed by atoms with Crippen LogP contribution in [0.4, 0.5) is 0 Å². The minimum atomic E-state index is 0.454. The lowest BCUT2D eigenvalue weighted by atomic mass is 10.5. The highest BCUT2D eigenvalue weighted by molar-refractivity contribution is 7.99. The summed E-state index contributed by atoms with van der Waals surface area (Å²) < 4.78 is 2.16. The third-order valence-electron chi connectivity index (χ3n) is 2.23. The Hall–Kier alpha value is -0.520. The molecule has 0 aliphatic heterocycles. The Balaban J connectivity index is 2.11. The first-order valence-electron chi connectivity index (χ1n) is 4.88. The van der Waals surface area contributed by atoms with Crippen LogP contribution in [0.25, 0.3) is 0 Å². The van der Waals surface area contributed by atoms with Crippen LogP contribution in [-0.2, 0) is 6.54 Å². The van der Waals surface area contributed by atoms with Gasteiger partial charge in [-0.15, -0.1) is 10.2 Å². The largest absolute Gasteiger partial charge is 0.324 e. The normalized spacial score (nSPS) is 16.4. The topological polar surface area (TPSA) is 56.7 Å². The molecule has 2 rings (SSSR count). The van der Waals surface area contributed by atoms with Crippen LogP contribution in [-0.4, -0.2) is 20.5 Å². The fourth-order valence-corrected chi connectivity index (χ4v) is 2.43. The van der Waals surface area contributed by atoms with Crippen LogP contribution in [0.3, 0.4) is 0 Å². The van der Waals surface area contributed by atoms with E-state index in [4.69, 9.17) is 17.3 Å². The Bertz CT molecular complexity index is 359. The number of nitrogens with two attached hydrogens (primary N) is 1. The van der Waals surface area contributed by atoms with Crippen molar-refractivity contribution >= 4 is 23.4 Å². The van der Waals surface area contributed by atoms with E-state index < -0.39 is 0 Å². The molecular weight excluding hydrogens is 232 g/mol. The molecule has 1 aliphatic carbocycles. The molecule has 82 valence electrons. The molecule has 0 atom stereocenters. The summed E-state index contributed by atoms with van der Waals surface area (Å²) in [4.78, 5) is 0. The summed E-state index contributed by atoms with van der Waals surface area (Å²) in [5.74, 6) is 1.70. The minimum absolute atomic E-state index is 0.454. The molecule has 1 saturated carbocycles. The highest BCUT2D eigenvalue weighted by atomic mass is 35.5. The van der Waals surface area contributed by atoms with E-state index in [0.717, 1.165) is 16.7 Å². The summed E-state index contributed by atoms with van der Waals surface area (Å²) in [6.07, 6.45) is 4.31. The van der Waals surface area contributed by atoms with E-state index >= 15 is 0 Å². The van der Waals surface area contributed by atoms with Crippen LogP contribution < -0.4 is 5.73 Å². The van der Waals surface area contributed by atoms with Crippen molar-refractivity contribution in [1.82, 2.24) is 14.8 Å². The van der Waals surface area contributed by atoms with E-state index in [1.807, 2.05) is 6.08 Å². The number of rotatable bonds is 5. The molecule has 4 nitrogen and oxygen atoms in total. The maximum atomic E-state index is 5.62. The van der Waals surface area contributed by atoms with Gasteiger partial charge in [0.25, 0.3) is 0 Å². The number of thioether (sulfide) groups is 1. The van der Waals surface area contributed by atoms with Gasteiger partial charge >= 0.3 is 0 Å². The lowest BCUT2D eigenvalue weighted by Crippen LogP contribution is -2.07. The van der Waals surface area contributed by atoms with E-state index in [-0.39, 0.29) is 0 Å². The molecule has 2 N–H and O–H groups in total. The molecule has 0 amide bonds. The Kier molecular flexibility index (Phi) is 3.66. The molecule has 0 saturated heterocycles. The van der Waals surface area contributed by atoms with Crippen molar-refractivity contribution in [3.63, 3.8) is 0 Å². The zero-order valence-electron chi connectivity index (χ0n) is 8.27. The van der Waals surface area contributed by atoms with Crippen molar-refractivity contribution in [1.29, 1.82) is 0 Å². The van der Waals surface area contributed by atoms with Crippen LogP contribution in [0.1, 0.15) is 24.7 Å². The molecule has 0 unspecified atom stereocenters. The van der Waals surface area contributed by atoms with E-state index in [1.165, 1.54) is 18.4 Å². The first-order chi connectivity index (χ1) is 7.36. The summed E-state index contributed by atoms with van der Waals surface area (Å²) in [6.45, 7) is 0.454. The second-order valence-electron chi connectivity index (χ2n) is 3.38. The van der Waals surface area contributed by atoms with Crippen LogP contribution in [0, 0.1) is 0 Å². The van der Waals surface area contributed by atoms with Crippen molar-refractivity contribution in [2.75, 3.05) is 5.75 Å². The molecule has 6 heteroatoms. The average molecular weight is 245 g/mol. The summed E-state index contributed by atoms with van der Waals surface area (Å²) in [7, 11) is 0. The lowest BCUT2D eigenvalue weighted by Gasteiger charge is -2.05. The van der Waals surface area contributed by atoms with Crippen LogP contribution in [0.2, 0.25) is 0 Å². The van der Waals surface area contributed by atoms with Gasteiger partial charge in [0.15, 0.2) is 5.16 Å². The van der Waals surface area contributed by atoms with Gasteiger partial charge in [0.2, 0.25) is 0 Å². The third kappa shape index (κ3) is 2.53. The summed E-state index contributed by atoms with van der Waals surface area (Å²) in [5, 5.41) is 9.18. The molecule has 0 bridgehead atoms. The molecule has 1 aromatic rings. The predicted octanol–water partition coefficient (Wildman–Crippen LogP) is 1.92. The molecule has 1 aromatic heterocycles. The predicted molar refractivity (Wildman–Crippen MR) is 61.9 cm³/mol. The van der Waals surface area contributed by atoms with Crippen molar-refractivity contribution in [3.8, 4) is 0 Å². The second kappa shape index (κ2) is 5.01. The molecule has 1 fully saturated rings. The third-order valence-corrected chi connectivity index (χ3v) is 3.30. The number of halogens is 1. The smallest absolute Gasteiger partial charge is 0.191 e. The zero-order chi connectivity index (χ0) is 10.7. The second-order valence-corrected chi connectivity index (χ2v) is 4.62. The Morgan fingerprint density at radius 3 is 2.93 bits per heavy atom. The number of aromatic nitrogens is 3. The molecule has 1 aliphatic rings. The number of nitrogens with zero attached hydrogens (tertiary/aromatic N) is 3. The van der Waals surface area contributed by atoms with E-state index in [9.17, 15) is 0 Å². The highest BCUT2D eigenvalue weighted by Crippen LogP contribution is 2.38. The first kappa shape index (κ1) is 11.0. The van der Waals surface area contributed by atoms with Gasteiger partial charge in [-0.05, 0) is 12.8 Å². The monoisotopic (exact) mass is 244 g/mol. The maximum absolute atomic E-state index is 5.62. The van der Waals surface area contributed by atoms with Gasteiger partial charge < -0.3 is 10.3 Å². The molecule has 15 heavy (non-hydrogen) atoms. The number of hydrogen-bond donors (Lipinski definition) is 1. The average Bonchev–Trinajstić information content (AvgIpc) is 3.00. The van der Waals surface area contributed by atoms with Gasteiger partial charge in [0, 0.05) is 17.3 Å². The van der Waals surface area contributed by atoms with Crippen LogP contribution >= 0.6 is 23.4 Å². The van der Waals surface area contributed by atoms with Gasteiger partial charge in [0.05, 0.1) is 6.54 Å². The molecule has 0 aromatic carbocycles. The van der Waals surface area contributed by atoms with Crippen molar-refractivity contribution in [3.05, 3.63) is 17.4 Å². The highest BCUT2D eigenvalue weighted by Gasteiger charge is 2.28. The SMILES string of the molecule is NCc1nnc(SCC=CCl)n1C1CC1. The van der Waals surface area contributed by atoms with Crippen LogP contribution in [0.15, 0.2) is 16.8 Å². The standard InChI is InChI=1S/C9H13ClN4S/c10-4-1-5-15-9-13-12-8(6-11)14(9)7-2-3-7/h1,4,7H,2-3,5-6,11H2. The van der Waals surface area contributed by atoms with Crippen molar-refractivity contribution in [2.45, 2.75) is 30.6 Å². The van der Waals surface area contributed by atoms with E-state index in [2.05, 4.69) is 14.8 Å². The zero-order valence-corrected chi connectivity index (χ0v) is 9.84. The van der Waals surface area contributed by atoms with Crippen molar-refractivity contribution in [2.24, 2.45) is 5.73 Å². The maximum Gasteiger partial charge on any atom is 0.191 e. The molecular formula is C9H13ClN4S. The summed E-state index contributed by atoms with van der Waals surface area (Å²) in [5.41, 5.74) is 7.14. The fourth-order valence-electron chi connectivity index (χ4n) is 1.40. The van der Waals surface area contributed by atoms with Gasteiger partial charge in [-0.2, -0.15) is 0 Å². The van der Waals surface area contributed by atoms with Gasteiger partial charge in [-0.25, -0.2) is 0 Å². The molecule has 0 radical (unpaired) electrons. The van der Waals surface area contributed by atoms with E-state index in [1.54, 1.807) is 11.8 Å². The summed E-state index contributed by atoms with van der Waals surface area (Å²) in [6, 6.07) is 0.570. The lowest BCUT2D eigenvalue weighted by molar-refractivity contribution is 0.627. The van der Waals surface area contributed by atoms with Gasteiger partial charge in [0.1, 0.15) is 5.82 Å². The Labute approximate surface area is 97.9 Å². The van der Waals surface area contributed by atoms with E-state index in [0.29, 0.717) is 12.6 Å². The fraction of sp³-hybridized carbons (Fsp3) is 0.556. The molecule has 0 spiro atoms. The Morgan fingerprint density at radius 1 is 1.53 bits per heavy atom. The van der Waals surface area contributed by atoms with Crippen molar-refractivity contribution < 1.29 is 0 Å². The quantitative estimate of drug-likeness (QED) is 0.804. The minimum Gasteiger partial charge on any atom is -0.324 e. The molecule has 1 heterocycles. The Morgan fingerprint density at radius 2 is 2.33 bits per heavy atom. The van der Waals surface area contributed by atoms with Crippen LogP contribution in [0.5, 0.6) is 0 Å². The van der Waals surface area contributed by atoms with Gasteiger partial charge in [-0.3, -0.25) is 0 Å². The summed E-state index contributed by atoms with van der Waals surface area (Å²) >= 11 is 7.10. The first-order valence-corrected chi connectivity index (χ1v) is 6.31. The number of hydrogen-bond acceptors (Lipinski definition) is 4.